The standard InChI is InChI=1S/C15H12ClN3/c16-12-6-7-14-13(8-12)15(19-10-18-14)17-9-11-4-2-1-3-5-11/h1-8,10H,9H2,(H,17,18,19). The summed E-state index contributed by atoms with van der Waals surface area (Å²) in [7, 11) is 0. The highest BCUT2D eigenvalue weighted by atomic mass is 35.5. The van der Waals surface area contributed by atoms with Crippen molar-refractivity contribution < 1.29 is 0 Å². The van der Waals surface area contributed by atoms with Crippen LogP contribution in [0.5, 0.6) is 0 Å². The average Bonchev–Trinajstić information content (AvgIpc) is 2.46. The number of nitrogens with one attached hydrogen (secondary N) is 1. The number of rotatable bonds is 3. The molecule has 0 aliphatic carbocycles. The summed E-state index contributed by atoms with van der Waals surface area (Å²) < 4.78 is 0. The molecular weight excluding hydrogens is 258 g/mol. The number of benzene rings is 2. The predicted molar refractivity (Wildman–Crippen MR) is 78.3 cm³/mol. The molecule has 19 heavy (non-hydrogen) atoms. The van der Waals surface area contributed by atoms with Gasteiger partial charge in [0.05, 0.1) is 5.52 Å². The van der Waals surface area contributed by atoms with E-state index in [0.29, 0.717) is 5.02 Å². The Labute approximate surface area is 116 Å². The van der Waals surface area contributed by atoms with Crippen molar-refractivity contribution in [3.63, 3.8) is 0 Å². The molecule has 0 unspecified atom stereocenters. The first kappa shape index (κ1) is 11.9. The average molecular weight is 270 g/mol. The highest BCUT2D eigenvalue weighted by Gasteiger charge is 2.04. The lowest BCUT2D eigenvalue weighted by Crippen LogP contribution is -2.02. The first-order valence-electron chi connectivity index (χ1n) is 6.01. The molecule has 1 aromatic heterocycles. The van der Waals surface area contributed by atoms with Gasteiger partial charge in [0, 0.05) is 17.0 Å². The Morgan fingerprint density at radius 2 is 1.84 bits per heavy atom. The highest BCUT2D eigenvalue weighted by Crippen LogP contribution is 2.23. The van der Waals surface area contributed by atoms with Crippen LogP contribution in [0.25, 0.3) is 10.9 Å². The van der Waals surface area contributed by atoms with E-state index in [0.717, 1.165) is 23.3 Å². The first-order valence-corrected chi connectivity index (χ1v) is 6.39. The molecule has 0 atom stereocenters. The fourth-order valence-electron chi connectivity index (χ4n) is 1.95. The van der Waals surface area contributed by atoms with Gasteiger partial charge in [-0.05, 0) is 23.8 Å². The zero-order valence-corrected chi connectivity index (χ0v) is 10.9. The summed E-state index contributed by atoms with van der Waals surface area (Å²) in [5.74, 6) is 0.802. The Balaban J connectivity index is 1.90. The van der Waals surface area contributed by atoms with Gasteiger partial charge in [-0.25, -0.2) is 9.97 Å². The molecule has 2 aromatic carbocycles. The third-order valence-corrected chi connectivity index (χ3v) is 3.14. The number of hydrogen-bond donors (Lipinski definition) is 1. The molecule has 0 saturated carbocycles. The Kier molecular flexibility index (Phi) is 3.29. The van der Waals surface area contributed by atoms with Crippen molar-refractivity contribution in [2.75, 3.05) is 5.32 Å². The van der Waals surface area contributed by atoms with Crippen LogP contribution in [0.3, 0.4) is 0 Å². The van der Waals surface area contributed by atoms with Crippen molar-refractivity contribution >= 4 is 28.3 Å². The zero-order chi connectivity index (χ0) is 13.1. The van der Waals surface area contributed by atoms with Crippen molar-refractivity contribution in [2.24, 2.45) is 0 Å². The Hall–Kier alpha value is -2.13. The maximum Gasteiger partial charge on any atom is 0.137 e. The summed E-state index contributed by atoms with van der Waals surface area (Å²) >= 11 is 6.02. The van der Waals surface area contributed by atoms with Gasteiger partial charge >= 0.3 is 0 Å². The van der Waals surface area contributed by atoms with Crippen LogP contribution < -0.4 is 5.32 Å². The van der Waals surface area contributed by atoms with Crippen molar-refractivity contribution in [1.82, 2.24) is 9.97 Å². The van der Waals surface area contributed by atoms with Crippen LogP contribution in [0.1, 0.15) is 5.56 Å². The van der Waals surface area contributed by atoms with Crippen LogP contribution in [0.15, 0.2) is 54.9 Å². The van der Waals surface area contributed by atoms with Crippen molar-refractivity contribution in [3.8, 4) is 0 Å². The second-order valence-electron chi connectivity index (χ2n) is 4.22. The third-order valence-electron chi connectivity index (χ3n) is 2.90. The number of aromatic nitrogens is 2. The molecule has 0 aliphatic rings. The van der Waals surface area contributed by atoms with E-state index in [-0.39, 0.29) is 0 Å². The van der Waals surface area contributed by atoms with Gasteiger partial charge in [-0.15, -0.1) is 0 Å². The number of nitrogens with zero attached hydrogens (tertiary/aromatic N) is 2. The lowest BCUT2D eigenvalue weighted by molar-refractivity contribution is 1.10. The Morgan fingerprint density at radius 1 is 1.00 bits per heavy atom. The van der Waals surface area contributed by atoms with Gasteiger partial charge in [-0.2, -0.15) is 0 Å². The number of hydrogen-bond acceptors (Lipinski definition) is 3. The molecule has 3 nitrogen and oxygen atoms in total. The molecule has 3 aromatic rings. The van der Waals surface area contributed by atoms with Gasteiger partial charge in [-0.3, -0.25) is 0 Å². The lowest BCUT2D eigenvalue weighted by atomic mass is 10.2. The molecule has 0 aliphatic heterocycles. The number of fused-ring (bicyclic) bond motifs is 1. The molecule has 94 valence electrons. The molecule has 0 spiro atoms. The van der Waals surface area contributed by atoms with Crippen LogP contribution in [0.4, 0.5) is 5.82 Å². The normalized spacial score (nSPS) is 10.6. The quantitative estimate of drug-likeness (QED) is 0.784. The molecular formula is C15H12ClN3. The molecule has 0 amide bonds. The molecule has 1 N–H and O–H groups in total. The zero-order valence-electron chi connectivity index (χ0n) is 10.2. The second kappa shape index (κ2) is 5.24. The van der Waals surface area contributed by atoms with E-state index in [2.05, 4.69) is 27.4 Å². The maximum atomic E-state index is 6.02. The molecule has 4 heteroatoms. The van der Waals surface area contributed by atoms with Gasteiger partial charge in [-0.1, -0.05) is 41.9 Å². The lowest BCUT2D eigenvalue weighted by Gasteiger charge is -2.08. The van der Waals surface area contributed by atoms with E-state index in [1.165, 1.54) is 5.56 Å². The fraction of sp³-hybridized carbons (Fsp3) is 0.0667. The smallest absolute Gasteiger partial charge is 0.137 e. The minimum Gasteiger partial charge on any atom is -0.365 e. The van der Waals surface area contributed by atoms with E-state index in [9.17, 15) is 0 Å². The molecule has 0 radical (unpaired) electrons. The molecule has 0 saturated heterocycles. The second-order valence-corrected chi connectivity index (χ2v) is 4.66. The van der Waals surface area contributed by atoms with Gasteiger partial charge < -0.3 is 5.32 Å². The highest BCUT2D eigenvalue weighted by molar-refractivity contribution is 6.31. The summed E-state index contributed by atoms with van der Waals surface area (Å²) in [6, 6.07) is 15.8. The molecule has 3 rings (SSSR count). The van der Waals surface area contributed by atoms with Gasteiger partial charge in [0.1, 0.15) is 12.1 Å². The van der Waals surface area contributed by atoms with E-state index < -0.39 is 0 Å². The SMILES string of the molecule is Clc1ccc2ncnc(NCc3ccccc3)c2c1. The van der Waals surface area contributed by atoms with Gasteiger partial charge in [0.25, 0.3) is 0 Å². The van der Waals surface area contributed by atoms with E-state index in [1.54, 1.807) is 6.33 Å². The third kappa shape index (κ3) is 2.66. The van der Waals surface area contributed by atoms with Crippen LogP contribution >= 0.6 is 11.6 Å². The van der Waals surface area contributed by atoms with E-state index in [1.807, 2.05) is 36.4 Å². The van der Waals surface area contributed by atoms with Crippen LogP contribution in [0.2, 0.25) is 5.02 Å². The Morgan fingerprint density at radius 3 is 2.68 bits per heavy atom. The van der Waals surface area contributed by atoms with E-state index in [4.69, 9.17) is 11.6 Å². The molecule has 1 heterocycles. The van der Waals surface area contributed by atoms with Gasteiger partial charge in [0.15, 0.2) is 0 Å². The minimum absolute atomic E-state index is 0.685. The van der Waals surface area contributed by atoms with Gasteiger partial charge in [0.2, 0.25) is 0 Å². The van der Waals surface area contributed by atoms with Crippen molar-refractivity contribution in [1.29, 1.82) is 0 Å². The predicted octanol–water partition coefficient (Wildman–Crippen LogP) is 3.90. The topological polar surface area (TPSA) is 37.8 Å². The largest absolute Gasteiger partial charge is 0.365 e. The summed E-state index contributed by atoms with van der Waals surface area (Å²) in [6.07, 6.45) is 1.56. The minimum atomic E-state index is 0.685. The van der Waals surface area contributed by atoms with Crippen LogP contribution in [-0.4, -0.2) is 9.97 Å². The monoisotopic (exact) mass is 269 g/mol. The summed E-state index contributed by atoms with van der Waals surface area (Å²) in [4.78, 5) is 8.51. The summed E-state index contributed by atoms with van der Waals surface area (Å²) in [5, 5.41) is 4.94. The van der Waals surface area contributed by atoms with Crippen LogP contribution in [-0.2, 0) is 6.54 Å². The van der Waals surface area contributed by atoms with Crippen molar-refractivity contribution in [2.45, 2.75) is 6.54 Å². The summed E-state index contributed by atoms with van der Waals surface area (Å²) in [6.45, 7) is 0.722. The molecule has 0 fully saturated rings. The van der Waals surface area contributed by atoms with Crippen molar-refractivity contribution in [3.05, 3.63) is 65.4 Å². The van der Waals surface area contributed by atoms with E-state index >= 15 is 0 Å². The first-order chi connectivity index (χ1) is 9.33. The van der Waals surface area contributed by atoms with Crippen LogP contribution in [0, 0.1) is 0 Å². The summed E-state index contributed by atoms with van der Waals surface area (Å²) in [5.41, 5.74) is 2.09. The number of anilines is 1. The fourth-order valence-corrected chi connectivity index (χ4v) is 2.12. The molecule has 0 bridgehead atoms. The maximum absolute atomic E-state index is 6.02. The Bertz CT molecular complexity index is 698. The number of halogens is 1.